The third-order valence-corrected chi connectivity index (χ3v) is 3.38. The van der Waals surface area contributed by atoms with Crippen molar-refractivity contribution < 1.29 is 14.6 Å². The quantitative estimate of drug-likeness (QED) is 0.883. The van der Waals surface area contributed by atoms with Crippen molar-refractivity contribution in [3.8, 4) is 0 Å². The van der Waals surface area contributed by atoms with Gasteiger partial charge in [0.05, 0.1) is 19.3 Å². The fourth-order valence-electron chi connectivity index (χ4n) is 2.13. The van der Waals surface area contributed by atoms with Gasteiger partial charge in [-0.3, -0.25) is 4.79 Å². The Hall–Kier alpha value is -1.39. The first-order valence-electron chi connectivity index (χ1n) is 6.55. The Bertz CT molecular complexity index is 447. The molecule has 1 N–H and O–H groups in total. The molecule has 4 heteroatoms. The summed E-state index contributed by atoms with van der Waals surface area (Å²) in [7, 11) is 0. The molecule has 0 saturated carbocycles. The normalized spacial score (nSPS) is 20.7. The highest BCUT2D eigenvalue weighted by Crippen LogP contribution is 2.26. The minimum atomic E-state index is -0.292. The van der Waals surface area contributed by atoms with Crippen LogP contribution in [0.3, 0.4) is 0 Å². The lowest BCUT2D eigenvalue weighted by Gasteiger charge is -2.32. The highest BCUT2D eigenvalue weighted by Gasteiger charge is 2.27. The summed E-state index contributed by atoms with van der Waals surface area (Å²) in [4.78, 5) is 13.5. The Morgan fingerprint density at radius 2 is 1.95 bits per heavy atom. The van der Waals surface area contributed by atoms with E-state index in [0.717, 1.165) is 5.69 Å². The standard InChI is InChI=1S/C15H21NO3/c1-15(2,3)11-4-6-12(7-5-11)16-8-13(9-17)19-10-14(16)18/h4-7,13,17H,8-10H2,1-3H3. The predicted octanol–water partition coefficient (Wildman–Crippen LogP) is 1.71. The van der Waals surface area contributed by atoms with E-state index in [2.05, 4.69) is 20.8 Å². The molecule has 1 aromatic carbocycles. The molecule has 1 fully saturated rings. The number of hydrogen-bond donors (Lipinski definition) is 1. The van der Waals surface area contributed by atoms with E-state index in [1.54, 1.807) is 4.90 Å². The van der Waals surface area contributed by atoms with Crippen LogP contribution in [-0.2, 0) is 14.9 Å². The molecular formula is C15H21NO3. The third kappa shape index (κ3) is 3.14. The Morgan fingerprint density at radius 1 is 1.32 bits per heavy atom. The number of carbonyl (C=O) groups excluding carboxylic acids is 1. The average Bonchev–Trinajstić information content (AvgIpc) is 2.38. The number of ether oxygens (including phenoxy) is 1. The second kappa shape index (κ2) is 5.31. The molecule has 1 saturated heterocycles. The Kier molecular flexibility index (Phi) is 3.92. The smallest absolute Gasteiger partial charge is 0.253 e. The fourth-order valence-corrected chi connectivity index (χ4v) is 2.13. The second-order valence-corrected chi connectivity index (χ2v) is 5.92. The number of amides is 1. The van der Waals surface area contributed by atoms with Gasteiger partial charge in [-0.25, -0.2) is 0 Å². The van der Waals surface area contributed by atoms with Crippen molar-refractivity contribution >= 4 is 11.6 Å². The van der Waals surface area contributed by atoms with Crippen LogP contribution in [0.25, 0.3) is 0 Å². The van der Waals surface area contributed by atoms with Crippen molar-refractivity contribution in [2.45, 2.75) is 32.3 Å². The molecule has 0 radical (unpaired) electrons. The van der Waals surface area contributed by atoms with Gasteiger partial charge in [0.1, 0.15) is 6.61 Å². The van der Waals surface area contributed by atoms with Gasteiger partial charge in [0.2, 0.25) is 0 Å². The molecule has 0 spiro atoms. The van der Waals surface area contributed by atoms with Crippen molar-refractivity contribution in [3.05, 3.63) is 29.8 Å². The van der Waals surface area contributed by atoms with Crippen LogP contribution in [0.1, 0.15) is 26.3 Å². The first-order chi connectivity index (χ1) is 8.91. The van der Waals surface area contributed by atoms with Gasteiger partial charge in [0.15, 0.2) is 0 Å². The highest BCUT2D eigenvalue weighted by atomic mass is 16.5. The lowest BCUT2D eigenvalue weighted by Crippen LogP contribution is -2.48. The van der Waals surface area contributed by atoms with Gasteiger partial charge in [-0.1, -0.05) is 32.9 Å². The van der Waals surface area contributed by atoms with Gasteiger partial charge in [-0.15, -0.1) is 0 Å². The predicted molar refractivity (Wildman–Crippen MR) is 74.3 cm³/mol. The molecular weight excluding hydrogens is 242 g/mol. The Labute approximate surface area is 114 Å². The van der Waals surface area contributed by atoms with Crippen LogP contribution in [0.2, 0.25) is 0 Å². The molecule has 1 aromatic rings. The molecule has 1 heterocycles. The number of nitrogens with zero attached hydrogens (tertiary/aromatic N) is 1. The summed E-state index contributed by atoms with van der Waals surface area (Å²) in [6.07, 6.45) is -0.292. The molecule has 4 nitrogen and oxygen atoms in total. The molecule has 0 aliphatic carbocycles. The zero-order valence-corrected chi connectivity index (χ0v) is 11.7. The van der Waals surface area contributed by atoms with Crippen molar-refractivity contribution in [3.63, 3.8) is 0 Å². The molecule has 1 aliphatic heterocycles. The summed E-state index contributed by atoms with van der Waals surface area (Å²) in [5.41, 5.74) is 2.19. The second-order valence-electron chi connectivity index (χ2n) is 5.92. The number of benzene rings is 1. The maximum atomic E-state index is 11.9. The van der Waals surface area contributed by atoms with E-state index in [-0.39, 0.29) is 30.6 Å². The Morgan fingerprint density at radius 3 is 2.47 bits per heavy atom. The number of aliphatic hydroxyl groups is 1. The number of hydrogen-bond acceptors (Lipinski definition) is 3. The van der Waals surface area contributed by atoms with E-state index in [0.29, 0.717) is 6.54 Å². The maximum Gasteiger partial charge on any atom is 0.253 e. The van der Waals surface area contributed by atoms with Gasteiger partial charge in [-0.05, 0) is 23.1 Å². The van der Waals surface area contributed by atoms with Crippen LogP contribution in [0.5, 0.6) is 0 Å². The lowest BCUT2D eigenvalue weighted by molar-refractivity contribution is -0.130. The first kappa shape index (κ1) is 14.0. The van der Waals surface area contributed by atoms with Crippen LogP contribution in [0.4, 0.5) is 5.69 Å². The van der Waals surface area contributed by atoms with Crippen molar-refractivity contribution in [2.75, 3.05) is 24.7 Å². The number of rotatable bonds is 2. The number of aliphatic hydroxyl groups excluding tert-OH is 1. The minimum absolute atomic E-state index is 0.0340. The molecule has 1 unspecified atom stereocenters. The summed E-state index contributed by atoms with van der Waals surface area (Å²) in [5, 5.41) is 9.13. The van der Waals surface area contributed by atoms with E-state index < -0.39 is 0 Å². The van der Waals surface area contributed by atoms with E-state index in [1.807, 2.05) is 24.3 Å². The zero-order chi connectivity index (χ0) is 14.0. The molecule has 1 aliphatic rings. The SMILES string of the molecule is CC(C)(C)c1ccc(N2CC(CO)OCC2=O)cc1. The van der Waals surface area contributed by atoms with Gasteiger partial charge in [0, 0.05) is 5.69 Å². The summed E-state index contributed by atoms with van der Waals surface area (Å²) in [5.74, 6) is -0.0618. The first-order valence-corrected chi connectivity index (χ1v) is 6.55. The summed E-state index contributed by atoms with van der Waals surface area (Å²) >= 11 is 0. The van der Waals surface area contributed by atoms with Crippen LogP contribution in [0.15, 0.2) is 24.3 Å². The van der Waals surface area contributed by atoms with E-state index in [9.17, 15) is 4.79 Å². The van der Waals surface area contributed by atoms with Gasteiger partial charge >= 0.3 is 0 Å². The van der Waals surface area contributed by atoms with Crippen LogP contribution < -0.4 is 4.90 Å². The molecule has 0 aromatic heterocycles. The number of morpholine rings is 1. The van der Waals surface area contributed by atoms with E-state index >= 15 is 0 Å². The minimum Gasteiger partial charge on any atom is -0.394 e. The van der Waals surface area contributed by atoms with Crippen molar-refractivity contribution in [1.29, 1.82) is 0 Å². The largest absolute Gasteiger partial charge is 0.394 e. The molecule has 104 valence electrons. The van der Waals surface area contributed by atoms with Gasteiger partial charge in [0.25, 0.3) is 5.91 Å². The molecule has 1 amide bonds. The average molecular weight is 263 g/mol. The molecule has 1 atom stereocenters. The number of anilines is 1. The van der Waals surface area contributed by atoms with Gasteiger partial charge in [-0.2, -0.15) is 0 Å². The summed E-state index contributed by atoms with van der Waals surface area (Å²) in [6.45, 7) is 6.84. The highest BCUT2D eigenvalue weighted by molar-refractivity contribution is 5.95. The van der Waals surface area contributed by atoms with Crippen LogP contribution in [0, 0.1) is 0 Å². The monoisotopic (exact) mass is 263 g/mol. The fraction of sp³-hybridized carbons (Fsp3) is 0.533. The molecule has 0 bridgehead atoms. The topological polar surface area (TPSA) is 49.8 Å². The molecule has 2 rings (SSSR count). The zero-order valence-electron chi connectivity index (χ0n) is 11.7. The van der Waals surface area contributed by atoms with Crippen molar-refractivity contribution in [2.24, 2.45) is 0 Å². The van der Waals surface area contributed by atoms with Crippen LogP contribution in [-0.4, -0.2) is 36.9 Å². The number of carbonyl (C=O) groups is 1. The Balaban J connectivity index is 2.19. The van der Waals surface area contributed by atoms with E-state index in [4.69, 9.17) is 9.84 Å². The summed E-state index contributed by atoms with van der Waals surface area (Å²) < 4.78 is 5.23. The third-order valence-electron chi connectivity index (χ3n) is 3.38. The van der Waals surface area contributed by atoms with Crippen LogP contribution >= 0.6 is 0 Å². The maximum absolute atomic E-state index is 11.9. The van der Waals surface area contributed by atoms with Crippen molar-refractivity contribution in [1.82, 2.24) is 0 Å². The van der Waals surface area contributed by atoms with E-state index in [1.165, 1.54) is 5.56 Å². The lowest BCUT2D eigenvalue weighted by atomic mass is 9.87. The molecule has 19 heavy (non-hydrogen) atoms. The van der Waals surface area contributed by atoms with Gasteiger partial charge < -0.3 is 14.7 Å². The summed E-state index contributed by atoms with van der Waals surface area (Å²) in [6, 6.07) is 8.01.